The van der Waals surface area contributed by atoms with Gasteiger partial charge < -0.3 is 4.57 Å². The zero-order chi connectivity index (χ0) is 19.4. The van der Waals surface area contributed by atoms with Gasteiger partial charge in [0.25, 0.3) is 11.4 Å². The van der Waals surface area contributed by atoms with Crippen LogP contribution in [0.4, 0.5) is 17.1 Å². The second-order valence-corrected chi connectivity index (χ2v) is 7.93. The van der Waals surface area contributed by atoms with Gasteiger partial charge in [-0.15, -0.1) is 0 Å². The van der Waals surface area contributed by atoms with Gasteiger partial charge in [-0.3, -0.25) is 0 Å². The van der Waals surface area contributed by atoms with E-state index in [1.54, 1.807) is 0 Å². The van der Waals surface area contributed by atoms with E-state index in [9.17, 15) is 0 Å². The molecule has 4 heteroatoms. The Balaban J connectivity index is 1.81. The highest BCUT2D eigenvalue weighted by Gasteiger charge is 2.36. The summed E-state index contributed by atoms with van der Waals surface area (Å²) in [6.07, 6.45) is 1.87. The molecule has 2 aromatic carbocycles. The topological polar surface area (TPSA) is 23.8 Å². The number of hydrogen-bond acceptors (Lipinski definition) is 1. The van der Waals surface area contributed by atoms with Gasteiger partial charge in [-0.25, -0.2) is 4.98 Å². The summed E-state index contributed by atoms with van der Waals surface area (Å²) in [4.78, 5) is 4.66. The summed E-state index contributed by atoms with van der Waals surface area (Å²) < 4.78 is 6.71. The van der Waals surface area contributed by atoms with Crippen LogP contribution in [0.3, 0.4) is 0 Å². The standard InChI is InChI=1S/C24H24N4/c1-16(2)26-15-27(22-10-6-5-9-21(22)26)18-11-12-19-20-8-7-13-25-24(20)28(17(3)4)23(19)14-18/h5-14,16-17H,1-4H3/q+2. The Hall–Kier alpha value is -3.23. The normalized spacial score (nSPS) is 13.5. The molecule has 28 heavy (non-hydrogen) atoms. The summed E-state index contributed by atoms with van der Waals surface area (Å²) >= 11 is 0. The Labute approximate surface area is 164 Å². The number of pyridine rings is 1. The van der Waals surface area contributed by atoms with Gasteiger partial charge in [-0.05, 0) is 50.5 Å². The fraction of sp³-hybridized carbons (Fsp3) is 0.250. The van der Waals surface area contributed by atoms with Crippen LogP contribution in [0.1, 0.15) is 33.7 Å². The molecular weight excluding hydrogens is 344 g/mol. The number of fused-ring (bicyclic) bond motifs is 4. The Kier molecular flexibility index (Phi) is 3.71. The molecule has 138 valence electrons. The van der Waals surface area contributed by atoms with E-state index in [0.717, 1.165) is 11.3 Å². The fourth-order valence-corrected chi connectivity index (χ4v) is 4.19. The summed E-state index contributed by atoms with van der Waals surface area (Å²) in [6, 6.07) is 23.6. The molecule has 4 nitrogen and oxygen atoms in total. The first-order chi connectivity index (χ1) is 13.6. The van der Waals surface area contributed by atoms with Crippen LogP contribution in [0.2, 0.25) is 0 Å². The van der Waals surface area contributed by atoms with E-state index in [4.69, 9.17) is 0 Å². The van der Waals surface area contributed by atoms with Gasteiger partial charge in [0.05, 0.1) is 5.52 Å². The average molecular weight is 368 g/mol. The summed E-state index contributed by atoms with van der Waals surface area (Å²) in [5.41, 5.74) is 5.74. The number of benzene rings is 2. The van der Waals surface area contributed by atoms with Crippen molar-refractivity contribution in [2.24, 2.45) is 0 Å². The van der Waals surface area contributed by atoms with Gasteiger partial charge >= 0.3 is 6.01 Å². The number of rotatable bonds is 3. The SMILES string of the molecule is CC(C)n1c2cc([N+]3=C=[N+](C(C)C)c4ccccc43)ccc2c2cccnc21. The van der Waals surface area contributed by atoms with E-state index >= 15 is 0 Å². The van der Waals surface area contributed by atoms with Crippen LogP contribution in [0, 0.1) is 0 Å². The lowest BCUT2D eigenvalue weighted by Crippen LogP contribution is -2.12. The van der Waals surface area contributed by atoms with Gasteiger partial charge in [-0.2, -0.15) is 0 Å². The molecule has 0 spiro atoms. The first-order valence-electron chi connectivity index (χ1n) is 9.89. The third-order valence-electron chi connectivity index (χ3n) is 5.43. The molecule has 0 saturated carbocycles. The summed E-state index contributed by atoms with van der Waals surface area (Å²) in [5, 5.41) is 2.45. The molecule has 1 aliphatic rings. The largest absolute Gasteiger partial charge is 0.496 e. The predicted molar refractivity (Wildman–Crippen MR) is 116 cm³/mol. The first kappa shape index (κ1) is 16.9. The van der Waals surface area contributed by atoms with Crippen molar-refractivity contribution in [1.82, 2.24) is 14.1 Å². The van der Waals surface area contributed by atoms with E-state index < -0.39 is 0 Å². The minimum absolute atomic E-state index is 0.330. The first-order valence-corrected chi connectivity index (χ1v) is 9.89. The molecule has 0 bridgehead atoms. The number of para-hydroxylation sites is 2. The maximum absolute atomic E-state index is 4.66. The lowest BCUT2D eigenvalue weighted by molar-refractivity contribution is -0.466. The van der Waals surface area contributed by atoms with Crippen LogP contribution < -0.4 is 4.58 Å². The van der Waals surface area contributed by atoms with Gasteiger partial charge in [0.15, 0.2) is 6.04 Å². The molecule has 0 radical (unpaired) electrons. The number of hydrogen-bond donors (Lipinski definition) is 0. The van der Waals surface area contributed by atoms with Crippen LogP contribution in [-0.4, -0.2) is 26.2 Å². The maximum atomic E-state index is 4.66. The molecule has 0 aliphatic carbocycles. The highest BCUT2D eigenvalue weighted by Crippen LogP contribution is 2.37. The molecule has 0 N–H and O–H groups in total. The summed E-state index contributed by atoms with van der Waals surface area (Å²) in [5.74, 6) is 0. The molecule has 0 unspecified atom stereocenters. The Morgan fingerprint density at radius 3 is 2.43 bits per heavy atom. The van der Waals surface area contributed by atoms with Crippen LogP contribution in [-0.2, 0) is 0 Å². The van der Waals surface area contributed by atoms with Crippen molar-refractivity contribution < 1.29 is 4.58 Å². The maximum Gasteiger partial charge on any atom is 0.496 e. The van der Waals surface area contributed by atoms with Crippen molar-refractivity contribution in [2.75, 3.05) is 0 Å². The van der Waals surface area contributed by atoms with Crippen molar-refractivity contribution in [3.63, 3.8) is 0 Å². The lowest BCUT2D eigenvalue weighted by Gasteiger charge is -2.10. The number of nitrogens with zero attached hydrogens (tertiary/aromatic N) is 4. The highest BCUT2D eigenvalue weighted by molar-refractivity contribution is 6.07. The molecule has 4 aromatic rings. The Morgan fingerprint density at radius 1 is 0.893 bits per heavy atom. The summed E-state index contributed by atoms with van der Waals surface area (Å²) in [6.45, 7) is 8.81. The minimum Gasteiger partial charge on any atom is -0.323 e. The molecule has 0 fully saturated rings. The smallest absolute Gasteiger partial charge is 0.323 e. The Bertz CT molecular complexity index is 1300. The third-order valence-corrected chi connectivity index (χ3v) is 5.43. The molecule has 0 saturated heterocycles. The highest BCUT2D eigenvalue weighted by atomic mass is 15.2. The zero-order valence-electron chi connectivity index (χ0n) is 16.7. The van der Waals surface area contributed by atoms with E-state index in [0.29, 0.717) is 12.1 Å². The summed E-state index contributed by atoms with van der Waals surface area (Å²) in [7, 11) is 0. The molecule has 0 amide bonds. The van der Waals surface area contributed by atoms with E-state index in [2.05, 4.69) is 101 Å². The predicted octanol–water partition coefficient (Wildman–Crippen LogP) is 5.85. The van der Waals surface area contributed by atoms with Gasteiger partial charge in [0, 0.05) is 47.3 Å². The van der Waals surface area contributed by atoms with Crippen molar-refractivity contribution in [1.29, 1.82) is 0 Å². The number of aromatic nitrogens is 2. The van der Waals surface area contributed by atoms with E-state index in [1.165, 1.54) is 27.7 Å². The molecule has 5 rings (SSSR count). The monoisotopic (exact) mass is 368 g/mol. The van der Waals surface area contributed by atoms with Crippen molar-refractivity contribution in [3.05, 3.63) is 60.8 Å². The lowest BCUT2D eigenvalue weighted by atomic mass is 10.1. The molecule has 3 heterocycles. The van der Waals surface area contributed by atoms with Crippen LogP contribution in [0.25, 0.3) is 21.9 Å². The Morgan fingerprint density at radius 2 is 1.68 bits per heavy atom. The van der Waals surface area contributed by atoms with Gasteiger partial charge in [0.2, 0.25) is 5.69 Å². The average Bonchev–Trinajstić information content (AvgIpc) is 3.24. The van der Waals surface area contributed by atoms with E-state index in [1.807, 2.05) is 12.3 Å². The second-order valence-electron chi connectivity index (χ2n) is 7.93. The van der Waals surface area contributed by atoms with Gasteiger partial charge in [0.1, 0.15) is 5.65 Å². The molecular formula is C24H24N4+2. The second kappa shape index (κ2) is 6.15. The van der Waals surface area contributed by atoms with Crippen molar-refractivity contribution in [2.45, 2.75) is 39.8 Å². The van der Waals surface area contributed by atoms with Crippen LogP contribution in [0.15, 0.2) is 60.8 Å². The molecule has 2 aromatic heterocycles. The molecule has 1 aliphatic heterocycles. The third kappa shape index (κ3) is 2.35. The minimum atomic E-state index is 0.330. The fourth-order valence-electron chi connectivity index (χ4n) is 4.19. The molecule has 0 atom stereocenters. The van der Waals surface area contributed by atoms with E-state index in [-0.39, 0.29) is 0 Å². The van der Waals surface area contributed by atoms with Gasteiger partial charge in [-0.1, -0.05) is 16.7 Å². The van der Waals surface area contributed by atoms with Crippen LogP contribution >= 0.6 is 0 Å². The van der Waals surface area contributed by atoms with Crippen molar-refractivity contribution in [3.8, 4) is 0 Å². The zero-order valence-corrected chi connectivity index (χ0v) is 16.7. The van der Waals surface area contributed by atoms with Crippen LogP contribution in [0.5, 0.6) is 0 Å². The quantitative estimate of drug-likeness (QED) is 0.416. The van der Waals surface area contributed by atoms with Crippen molar-refractivity contribution >= 4 is 45.0 Å².